The SMILES string of the molecule is CCC1=C(CC)N(C)CC(C(=O)CN2CCCC(C3=CC=C(C(F)(F)F)CC3)C2)=C1. The van der Waals surface area contributed by atoms with Crippen molar-refractivity contribution in [2.75, 3.05) is 33.2 Å². The highest BCUT2D eigenvalue weighted by molar-refractivity contribution is 5.98. The summed E-state index contributed by atoms with van der Waals surface area (Å²) in [7, 11) is 2.05. The van der Waals surface area contributed by atoms with Crippen LogP contribution in [-0.4, -0.2) is 55.0 Å². The number of rotatable bonds is 6. The molecule has 1 aliphatic carbocycles. The van der Waals surface area contributed by atoms with Gasteiger partial charge < -0.3 is 4.90 Å². The number of piperidine rings is 1. The van der Waals surface area contributed by atoms with E-state index in [9.17, 15) is 18.0 Å². The van der Waals surface area contributed by atoms with Crippen LogP contribution in [0.2, 0.25) is 0 Å². The van der Waals surface area contributed by atoms with Crippen molar-refractivity contribution in [2.45, 2.75) is 58.5 Å². The largest absolute Gasteiger partial charge is 0.412 e. The van der Waals surface area contributed by atoms with Gasteiger partial charge in [0.2, 0.25) is 0 Å². The number of hydrogen-bond donors (Lipinski definition) is 0. The molecule has 1 atom stereocenters. The Bertz CT molecular complexity index is 789. The van der Waals surface area contributed by atoms with Gasteiger partial charge in [0.1, 0.15) is 0 Å². The van der Waals surface area contributed by atoms with Crippen LogP contribution < -0.4 is 0 Å². The maximum atomic E-state index is 13.0. The van der Waals surface area contributed by atoms with Crippen LogP contribution in [0.25, 0.3) is 0 Å². The van der Waals surface area contributed by atoms with Crippen molar-refractivity contribution in [3.05, 3.63) is 46.2 Å². The first-order chi connectivity index (χ1) is 14.2. The number of likely N-dealkylation sites (tertiary alicyclic amines) is 1. The number of carbonyl (C=O) groups excluding carboxylic acids is 1. The molecule has 3 aliphatic rings. The van der Waals surface area contributed by atoms with Crippen LogP contribution in [0, 0.1) is 5.92 Å². The van der Waals surface area contributed by atoms with Crippen LogP contribution in [0.15, 0.2) is 46.2 Å². The second-order valence-corrected chi connectivity index (χ2v) is 8.63. The first-order valence-electron chi connectivity index (χ1n) is 11.1. The van der Waals surface area contributed by atoms with Crippen molar-refractivity contribution in [1.29, 1.82) is 0 Å². The molecule has 0 amide bonds. The van der Waals surface area contributed by atoms with Crippen molar-refractivity contribution in [3.63, 3.8) is 0 Å². The number of ketones is 1. The Morgan fingerprint density at radius 1 is 1.17 bits per heavy atom. The molecular formula is C24H33F3N2O. The molecule has 1 fully saturated rings. The maximum Gasteiger partial charge on any atom is 0.412 e. The van der Waals surface area contributed by atoms with Gasteiger partial charge in [-0.25, -0.2) is 0 Å². The molecule has 2 aliphatic heterocycles. The van der Waals surface area contributed by atoms with E-state index in [4.69, 9.17) is 0 Å². The molecule has 0 saturated carbocycles. The van der Waals surface area contributed by atoms with Gasteiger partial charge in [0.05, 0.1) is 6.54 Å². The average molecular weight is 423 g/mol. The van der Waals surface area contributed by atoms with Gasteiger partial charge in [-0.1, -0.05) is 31.6 Å². The Morgan fingerprint density at radius 3 is 2.53 bits per heavy atom. The van der Waals surface area contributed by atoms with Gasteiger partial charge in [-0.2, -0.15) is 13.2 Å². The molecule has 166 valence electrons. The predicted molar refractivity (Wildman–Crippen MR) is 114 cm³/mol. The smallest absolute Gasteiger partial charge is 0.373 e. The molecule has 0 aromatic carbocycles. The van der Waals surface area contributed by atoms with Crippen LogP contribution in [-0.2, 0) is 4.79 Å². The summed E-state index contributed by atoms with van der Waals surface area (Å²) < 4.78 is 38.6. The summed E-state index contributed by atoms with van der Waals surface area (Å²) >= 11 is 0. The number of hydrogen-bond acceptors (Lipinski definition) is 3. The predicted octanol–water partition coefficient (Wildman–Crippen LogP) is 5.42. The molecule has 2 heterocycles. The molecule has 0 bridgehead atoms. The lowest BCUT2D eigenvalue weighted by molar-refractivity contribution is -0.117. The second-order valence-electron chi connectivity index (χ2n) is 8.63. The van der Waals surface area contributed by atoms with Crippen molar-refractivity contribution in [1.82, 2.24) is 9.80 Å². The summed E-state index contributed by atoms with van der Waals surface area (Å²) in [5, 5.41) is 0. The third kappa shape index (κ3) is 5.26. The van der Waals surface area contributed by atoms with Crippen LogP contribution in [0.3, 0.4) is 0 Å². The lowest BCUT2D eigenvalue weighted by atomic mass is 9.84. The van der Waals surface area contributed by atoms with Gasteiger partial charge in [0, 0.05) is 37.0 Å². The van der Waals surface area contributed by atoms with E-state index in [2.05, 4.69) is 29.7 Å². The highest BCUT2D eigenvalue weighted by Gasteiger charge is 2.35. The second kappa shape index (κ2) is 9.54. The zero-order valence-corrected chi connectivity index (χ0v) is 18.3. The number of nitrogens with zero attached hydrogens (tertiary/aromatic N) is 2. The lowest BCUT2D eigenvalue weighted by Crippen LogP contribution is -2.41. The van der Waals surface area contributed by atoms with Gasteiger partial charge in [-0.3, -0.25) is 9.69 Å². The summed E-state index contributed by atoms with van der Waals surface area (Å²) in [5.41, 5.74) is 4.07. The fraction of sp³-hybridized carbons (Fsp3) is 0.625. The Balaban J connectivity index is 1.64. The molecule has 3 nitrogen and oxygen atoms in total. The van der Waals surface area contributed by atoms with E-state index in [0.29, 0.717) is 19.5 Å². The number of allylic oxidation sites excluding steroid dienone is 6. The number of halogens is 3. The standard InChI is InChI=1S/C24H33F3N2O/c1-4-17-13-20(14-28(3)22(17)5-2)23(30)16-29-12-6-7-19(15-29)18-8-10-21(11-9-18)24(25,26)27/h8,10,13,19H,4-7,9,11-12,14-16H2,1-3H3. The van der Waals surface area contributed by atoms with Crippen LogP contribution in [0.1, 0.15) is 52.4 Å². The Labute approximate surface area is 178 Å². The van der Waals surface area contributed by atoms with Crippen molar-refractivity contribution in [2.24, 2.45) is 5.92 Å². The molecule has 1 unspecified atom stereocenters. The molecule has 3 rings (SSSR count). The Hall–Kier alpha value is -1.82. The van der Waals surface area contributed by atoms with E-state index in [1.807, 2.05) is 7.05 Å². The number of likely N-dealkylation sites (N-methyl/N-ethyl adjacent to an activating group) is 1. The number of carbonyl (C=O) groups is 1. The summed E-state index contributed by atoms with van der Waals surface area (Å²) in [5.74, 6) is 0.416. The van der Waals surface area contributed by atoms with Gasteiger partial charge in [-0.15, -0.1) is 0 Å². The summed E-state index contributed by atoms with van der Waals surface area (Å²) in [6.45, 7) is 6.94. The normalized spacial score (nSPS) is 23.9. The molecule has 0 radical (unpaired) electrons. The summed E-state index contributed by atoms with van der Waals surface area (Å²) in [6.07, 6.45) is 5.15. The molecule has 6 heteroatoms. The number of Topliss-reactive ketones (excluding diaryl/α,β-unsaturated/α-hetero) is 1. The van der Waals surface area contributed by atoms with E-state index in [-0.39, 0.29) is 18.1 Å². The highest BCUT2D eigenvalue weighted by Crippen LogP contribution is 2.36. The van der Waals surface area contributed by atoms with Gasteiger partial charge in [0.15, 0.2) is 5.78 Å². The van der Waals surface area contributed by atoms with E-state index in [1.54, 1.807) is 6.08 Å². The van der Waals surface area contributed by atoms with Crippen LogP contribution in [0.5, 0.6) is 0 Å². The molecule has 30 heavy (non-hydrogen) atoms. The van der Waals surface area contributed by atoms with Crippen molar-refractivity contribution < 1.29 is 18.0 Å². The zero-order valence-electron chi connectivity index (χ0n) is 18.3. The molecule has 0 spiro atoms. The van der Waals surface area contributed by atoms with Gasteiger partial charge >= 0.3 is 6.18 Å². The van der Waals surface area contributed by atoms with Gasteiger partial charge in [0.25, 0.3) is 0 Å². The molecule has 1 saturated heterocycles. The minimum Gasteiger partial charge on any atom is -0.373 e. The van der Waals surface area contributed by atoms with Crippen LogP contribution in [0.4, 0.5) is 13.2 Å². The molecular weight excluding hydrogens is 389 g/mol. The maximum absolute atomic E-state index is 13.0. The summed E-state index contributed by atoms with van der Waals surface area (Å²) in [4.78, 5) is 17.4. The van der Waals surface area contributed by atoms with Gasteiger partial charge in [-0.05, 0) is 62.6 Å². The molecule has 0 aromatic rings. The van der Waals surface area contributed by atoms with E-state index >= 15 is 0 Å². The number of alkyl halides is 3. The topological polar surface area (TPSA) is 23.6 Å². The van der Waals surface area contributed by atoms with E-state index < -0.39 is 11.7 Å². The third-order valence-corrected chi connectivity index (χ3v) is 6.60. The van der Waals surface area contributed by atoms with Crippen LogP contribution >= 0.6 is 0 Å². The molecule has 0 N–H and O–H groups in total. The fourth-order valence-corrected chi connectivity index (χ4v) is 4.94. The highest BCUT2D eigenvalue weighted by atomic mass is 19.4. The average Bonchev–Trinajstić information content (AvgIpc) is 2.72. The minimum atomic E-state index is -4.22. The fourth-order valence-electron chi connectivity index (χ4n) is 4.94. The quantitative estimate of drug-likeness (QED) is 0.571. The first kappa shape index (κ1) is 22.9. The summed E-state index contributed by atoms with van der Waals surface area (Å²) in [6, 6.07) is 0. The molecule has 0 aromatic heterocycles. The Morgan fingerprint density at radius 2 is 1.93 bits per heavy atom. The van der Waals surface area contributed by atoms with E-state index in [1.165, 1.54) is 17.3 Å². The first-order valence-corrected chi connectivity index (χ1v) is 11.1. The third-order valence-electron chi connectivity index (χ3n) is 6.60. The lowest BCUT2D eigenvalue weighted by Gasteiger charge is -2.35. The van der Waals surface area contributed by atoms with Crippen molar-refractivity contribution >= 4 is 5.78 Å². The monoisotopic (exact) mass is 422 g/mol. The zero-order chi connectivity index (χ0) is 21.9. The Kier molecular flexibility index (Phi) is 7.27. The van der Waals surface area contributed by atoms with Crippen molar-refractivity contribution in [3.8, 4) is 0 Å². The van der Waals surface area contributed by atoms with E-state index in [0.717, 1.165) is 49.9 Å². The minimum absolute atomic E-state index is 0.0654.